The van der Waals surface area contributed by atoms with E-state index in [-0.39, 0.29) is 6.10 Å². The van der Waals surface area contributed by atoms with Crippen LogP contribution in [0.25, 0.3) is 0 Å². The summed E-state index contributed by atoms with van der Waals surface area (Å²) in [5, 5.41) is 0. The third-order valence-corrected chi connectivity index (χ3v) is 2.34. The quantitative estimate of drug-likeness (QED) is 0.555. The molecule has 0 aliphatic carbocycles. The summed E-state index contributed by atoms with van der Waals surface area (Å²) in [5.74, 6) is 1.65. The summed E-state index contributed by atoms with van der Waals surface area (Å²) in [6.07, 6.45) is 0.670. The van der Waals surface area contributed by atoms with Crippen molar-refractivity contribution in [2.45, 2.75) is 6.10 Å². The minimum Gasteiger partial charge on any atom is -0.486 e. The fraction of sp³-hybridized carbons (Fsp3) is 0.300. The van der Waals surface area contributed by atoms with Gasteiger partial charge in [-0.05, 0) is 18.2 Å². The summed E-state index contributed by atoms with van der Waals surface area (Å²) in [5.41, 5.74) is 0.580. The Morgan fingerprint density at radius 1 is 1.50 bits per heavy atom. The number of rotatable bonds is 2. The van der Waals surface area contributed by atoms with Crippen LogP contribution in [-0.2, 0) is 0 Å². The first-order valence-corrected chi connectivity index (χ1v) is 4.81. The van der Waals surface area contributed by atoms with E-state index in [1.165, 1.54) is 0 Å². The second-order valence-electron chi connectivity index (χ2n) is 3.03. The molecule has 0 aromatic heterocycles. The number of benzene rings is 1. The first kappa shape index (κ1) is 9.34. The Hall–Kier alpha value is -1.22. The van der Waals surface area contributed by atoms with Crippen molar-refractivity contribution < 1.29 is 14.3 Å². The van der Waals surface area contributed by atoms with Gasteiger partial charge in [0.25, 0.3) is 0 Å². The van der Waals surface area contributed by atoms with Crippen molar-refractivity contribution >= 4 is 17.9 Å². The molecule has 0 saturated heterocycles. The van der Waals surface area contributed by atoms with Crippen LogP contribution < -0.4 is 9.47 Å². The maximum Gasteiger partial charge on any atom is 0.162 e. The third kappa shape index (κ3) is 1.68. The standard InChI is InChI=1S/C10H9ClO3/c11-4-8-6-13-10-3-7(5-12)1-2-9(10)14-8/h1-3,5,8H,4,6H2/t8-/m0/s1. The van der Waals surface area contributed by atoms with Gasteiger partial charge in [-0.2, -0.15) is 0 Å². The SMILES string of the molecule is O=Cc1ccc2c(c1)OC[C@H](CCl)O2. The molecular formula is C10H9ClO3. The van der Waals surface area contributed by atoms with Crippen molar-refractivity contribution in [2.75, 3.05) is 12.5 Å². The van der Waals surface area contributed by atoms with Crippen LogP contribution in [0.3, 0.4) is 0 Å². The molecular weight excluding hydrogens is 204 g/mol. The summed E-state index contributed by atoms with van der Waals surface area (Å²) in [7, 11) is 0. The monoisotopic (exact) mass is 212 g/mol. The maximum atomic E-state index is 10.5. The number of halogens is 1. The van der Waals surface area contributed by atoms with Gasteiger partial charge in [-0.3, -0.25) is 4.79 Å². The summed E-state index contributed by atoms with van der Waals surface area (Å²) < 4.78 is 10.9. The van der Waals surface area contributed by atoms with E-state index in [0.717, 1.165) is 6.29 Å². The molecule has 1 aliphatic rings. The predicted octanol–water partition coefficient (Wildman–Crippen LogP) is 1.88. The van der Waals surface area contributed by atoms with Crippen molar-refractivity contribution in [1.29, 1.82) is 0 Å². The number of hydrogen-bond acceptors (Lipinski definition) is 3. The van der Waals surface area contributed by atoms with Gasteiger partial charge in [0.2, 0.25) is 0 Å². The van der Waals surface area contributed by atoms with E-state index in [1.54, 1.807) is 18.2 Å². The van der Waals surface area contributed by atoms with E-state index >= 15 is 0 Å². The van der Waals surface area contributed by atoms with Crippen LogP contribution in [0.5, 0.6) is 11.5 Å². The maximum absolute atomic E-state index is 10.5. The summed E-state index contributed by atoms with van der Waals surface area (Å²) >= 11 is 5.64. The fourth-order valence-electron chi connectivity index (χ4n) is 1.28. The summed E-state index contributed by atoms with van der Waals surface area (Å²) in [6, 6.07) is 5.07. The average molecular weight is 213 g/mol. The molecule has 1 aromatic rings. The van der Waals surface area contributed by atoms with E-state index in [0.29, 0.717) is 29.5 Å². The van der Waals surface area contributed by atoms with Crippen molar-refractivity contribution in [2.24, 2.45) is 0 Å². The second-order valence-corrected chi connectivity index (χ2v) is 3.34. The van der Waals surface area contributed by atoms with Gasteiger partial charge < -0.3 is 9.47 Å². The van der Waals surface area contributed by atoms with Crippen LogP contribution in [0.2, 0.25) is 0 Å². The van der Waals surface area contributed by atoms with Crippen molar-refractivity contribution in [3.63, 3.8) is 0 Å². The fourth-order valence-corrected chi connectivity index (χ4v) is 1.43. The number of aldehydes is 1. The molecule has 0 unspecified atom stereocenters. The van der Waals surface area contributed by atoms with E-state index in [2.05, 4.69) is 0 Å². The molecule has 0 amide bonds. The van der Waals surface area contributed by atoms with Crippen molar-refractivity contribution in [1.82, 2.24) is 0 Å². The van der Waals surface area contributed by atoms with E-state index < -0.39 is 0 Å². The largest absolute Gasteiger partial charge is 0.486 e. The number of carbonyl (C=O) groups is 1. The third-order valence-electron chi connectivity index (χ3n) is 1.99. The van der Waals surface area contributed by atoms with Gasteiger partial charge >= 0.3 is 0 Å². The Bertz CT molecular complexity index is 351. The lowest BCUT2D eigenvalue weighted by molar-refractivity contribution is 0.105. The highest BCUT2D eigenvalue weighted by molar-refractivity contribution is 6.18. The zero-order valence-corrected chi connectivity index (χ0v) is 8.16. The zero-order valence-electron chi connectivity index (χ0n) is 7.40. The molecule has 1 heterocycles. The molecule has 1 aliphatic heterocycles. The lowest BCUT2D eigenvalue weighted by Crippen LogP contribution is -2.30. The van der Waals surface area contributed by atoms with E-state index in [9.17, 15) is 4.79 Å². The molecule has 2 rings (SSSR count). The zero-order chi connectivity index (χ0) is 9.97. The number of fused-ring (bicyclic) bond motifs is 1. The van der Waals surface area contributed by atoms with Gasteiger partial charge in [0, 0.05) is 5.56 Å². The topological polar surface area (TPSA) is 35.5 Å². The van der Waals surface area contributed by atoms with Crippen LogP contribution in [0.4, 0.5) is 0 Å². The van der Waals surface area contributed by atoms with Crippen molar-refractivity contribution in [3.05, 3.63) is 23.8 Å². The molecule has 0 fully saturated rings. The molecule has 0 radical (unpaired) electrons. The van der Waals surface area contributed by atoms with Crippen LogP contribution in [0, 0.1) is 0 Å². The van der Waals surface area contributed by atoms with Gasteiger partial charge in [-0.25, -0.2) is 0 Å². The van der Waals surface area contributed by atoms with Gasteiger partial charge in [0.1, 0.15) is 19.0 Å². The van der Waals surface area contributed by atoms with E-state index in [4.69, 9.17) is 21.1 Å². The molecule has 0 N–H and O–H groups in total. The predicted molar refractivity (Wildman–Crippen MR) is 52.5 cm³/mol. The second kappa shape index (κ2) is 3.88. The van der Waals surface area contributed by atoms with Gasteiger partial charge in [0.15, 0.2) is 11.5 Å². The lowest BCUT2D eigenvalue weighted by Gasteiger charge is -2.25. The molecule has 1 atom stereocenters. The Balaban J connectivity index is 2.27. The van der Waals surface area contributed by atoms with E-state index in [1.807, 2.05) is 0 Å². The van der Waals surface area contributed by atoms with Crippen LogP contribution in [-0.4, -0.2) is 24.9 Å². The minimum absolute atomic E-state index is 0.105. The Kier molecular flexibility index (Phi) is 2.59. The molecule has 1 aromatic carbocycles. The molecule has 3 nitrogen and oxygen atoms in total. The number of ether oxygens (including phenoxy) is 2. The smallest absolute Gasteiger partial charge is 0.162 e. The molecule has 14 heavy (non-hydrogen) atoms. The van der Waals surface area contributed by atoms with Crippen LogP contribution in [0.15, 0.2) is 18.2 Å². The number of carbonyl (C=O) groups excluding carboxylic acids is 1. The number of hydrogen-bond donors (Lipinski definition) is 0. The van der Waals surface area contributed by atoms with Crippen LogP contribution >= 0.6 is 11.6 Å². The number of alkyl halides is 1. The molecule has 4 heteroatoms. The Morgan fingerprint density at radius 2 is 2.36 bits per heavy atom. The Morgan fingerprint density at radius 3 is 3.07 bits per heavy atom. The molecule has 0 bridgehead atoms. The highest BCUT2D eigenvalue weighted by atomic mass is 35.5. The van der Waals surface area contributed by atoms with Crippen molar-refractivity contribution in [3.8, 4) is 11.5 Å². The minimum atomic E-state index is -0.105. The summed E-state index contributed by atoms with van der Waals surface area (Å²) in [4.78, 5) is 10.5. The van der Waals surface area contributed by atoms with Crippen LogP contribution in [0.1, 0.15) is 10.4 Å². The first-order chi connectivity index (χ1) is 6.83. The van der Waals surface area contributed by atoms with Gasteiger partial charge in [-0.15, -0.1) is 11.6 Å². The normalized spacial score (nSPS) is 19.1. The van der Waals surface area contributed by atoms with Gasteiger partial charge in [-0.1, -0.05) is 0 Å². The highest BCUT2D eigenvalue weighted by Crippen LogP contribution is 2.32. The average Bonchev–Trinajstić information content (AvgIpc) is 2.27. The molecule has 0 spiro atoms. The molecule has 74 valence electrons. The Labute approximate surface area is 86.6 Å². The summed E-state index contributed by atoms with van der Waals surface area (Å²) in [6.45, 7) is 0.429. The lowest BCUT2D eigenvalue weighted by atomic mass is 10.2. The van der Waals surface area contributed by atoms with Gasteiger partial charge in [0.05, 0.1) is 5.88 Å². The molecule has 0 saturated carbocycles. The highest BCUT2D eigenvalue weighted by Gasteiger charge is 2.19. The first-order valence-electron chi connectivity index (χ1n) is 4.28.